The highest BCUT2D eigenvalue weighted by Gasteiger charge is 2.11. The maximum Gasteiger partial charge on any atom is 0.0532 e. The summed E-state index contributed by atoms with van der Waals surface area (Å²) >= 11 is 6.17. The van der Waals surface area contributed by atoms with E-state index in [0.29, 0.717) is 0 Å². The van der Waals surface area contributed by atoms with Crippen LogP contribution < -0.4 is 5.32 Å². The highest BCUT2D eigenvalue weighted by molar-refractivity contribution is 6.21. The Balaban J connectivity index is 2.72. The fraction of sp³-hybridized carbons (Fsp3) is 0.583. The molecule has 0 fully saturated rings. The summed E-state index contributed by atoms with van der Waals surface area (Å²) in [5.74, 6) is 0. The molecule has 84 valence electrons. The van der Waals surface area contributed by atoms with Crippen molar-refractivity contribution in [1.82, 2.24) is 4.98 Å². The molecule has 0 aromatic carbocycles. The minimum absolute atomic E-state index is 0.166. The van der Waals surface area contributed by atoms with Crippen LogP contribution in [0.4, 0.5) is 5.69 Å². The van der Waals surface area contributed by atoms with E-state index in [1.807, 2.05) is 26.0 Å². The van der Waals surface area contributed by atoms with Crippen molar-refractivity contribution < 1.29 is 0 Å². The van der Waals surface area contributed by atoms with Gasteiger partial charge in [0.05, 0.1) is 5.38 Å². The second-order valence-electron chi connectivity index (χ2n) is 4.00. The largest absolute Gasteiger partial charge is 0.381 e. The Bertz CT molecular complexity index is 305. The third-order valence-corrected chi connectivity index (χ3v) is 3.09. The van der Waals surface area contributed by atoms with Crippen LogP contribution in [-0.4, -0.2) is 16.4 Å². The number of anilines is 1. The summed E-state index contributed by atoms with van der Waals surface area (Å²) in [6.45, 7) is 8.20. The summed E-state index contributed by atoms with van der Waals surface area (Å²) in [5, 5.41) is 3.57. The molecule has 1 rings (SSSR count). The van der Waals surface area contributed by atoms with Gasteiger partial charge in [0.25, 0.3) is 0 Å². The molecule has 2 nitrogen and oxygen atoms in total. The third kappa shape index (κ3) is 3.71. The lowest BCUT2D eigenvalue weighted by molar-refractivity contribution is 0.699. The van der Waals surface area contributed by atoms with Crippen LogP contribution in [0.3, 0.4) is 0 Å². The first-order valence-electron chi connectivity index (χ1n) is 5.38. The number of aromatic nitrogens is 1. The van der Waals surface area contributed by atoms with E-state index in [1.54, 1.807) is 0 Å². The van der Waals surface area contributed by atoms with E-state index >= 15 is 0 Å². The molecule has 0 saturated carbocycles. The molecule has 0 aliphatic rings. The summed E-state index contributed by atoms with van der Waals surface area (Å²) in [4.78, 5) is 4.33. The van der Waals surface area contributed by atoms with Crippen molar-refractivity contribution in [2.24, 2.45) is 0 Å². The Kier molecular flexibility index (Phi) is 4.40. The van der Waals surface area contributed by atoms with Gasteiger partial charge in [-0.1, -0.05) is 6.92 Å². The average Bonchev–Trinajstić information content (AvgIpc) is 2.14. The van der Waals surface area contributed by atoms with Gasteiger partial charge in [0.2, 0.25) is 0 Å². The standard InChI is InChI=1S/C12H19ClN2/c1-5-12(13)10(4)15-11-6-8(2)14-9(3)7-11/h6-7,10,12H,5H2,1-4H3,(H,14,15). The molecule has 0 spiro atoms. The second-order valence-corrected chi connectivity index (χ2v) is 4.56. The molecule has 1 heterocycles. The van der Waals surface area contributed by atoms with Gasteiger partial charge in [-0.3, -0.25) is 4.98 Å². The summed E-state index contributed by atoms with van der Waals surface area (Å²) in [6.07, 6.45) is 0.971. The van der Waals surface area contributed by atoms with E-state index in [9.17, 15) is 0 Å². The number of aryl methyl sites for hydroxylation is 2. The molecule has 0 bridgehead atoms. The average molecular weight is 227 g/mol. The zero-order valence-electron chi connectivity index (χ0n) is 9.84. The molecule has 1 N–H and O–H groups in total. The number of alkyl halides is 1. The maximum atomic E-state index is 6.17. The summed E-state index contributed by atoms with van der Waals surface area (Å²) < 4.78 is 0. The Morgan fingerprint density at radius 3 is 2.33 bits per heavy atom. The van der Waals surface area contributed by atoms with Crippen molar-refractivity contribution in [1.29, 1.82) is 0 Å². The van der Waals surface area contributed by atoms with Gasteiger partial charge in [-0.05, 0) is 39.3 Å². The maximum absolute atomic E-state index is 6.17. The third-order valence-electron chi connectivity index (χ3n) is 2.41. The molecular weight excluding hydrogens is 208 g/mol. The van der Waals surface area contributed by atoms with Crippen LogP contribution in [-0.2, 0) is 0 Å². The molecule has 1 aromatic rings. The lowest BCUT2D eigenvalue weighted by Gasteiger charge is -2.19. The zero-order chi connectivity index (χ0) is 11.4. The number of halogens is 1. The first-order valence-corrected chi connectivity index (χ1v) is 5.82. The topological polar surface area (TPSA) is 24.9 Å². The Hall–Kier alpha value is -0.760. The Morgan fingerprint density at radius 1 is 1.33 bits per heavy atom. The van der Waals surface area contributed by atoms with Crippen LogP contribution in [0.15, 0.2) is 12.1 Å². The quantitative estimate of drug-likeness (QED) is 0.795. The van der Waals surface area contributed by atoms with Gasteiger partial charge in [-0.25, -0.2) is 0 Å². The van der Waals surface area contributed by atoms with Crippen LogP contribution >= 0.6 is 11.6 Å². The second kappa shape index (κ2) is 5.36. The minimum Gasteiger partial charge on any atom is -0.381 e. The molecule has 0 amide bonds. The molecule has 15 heavy (non-hydrogen) atoms. The Labute approximate surface area is 97.1 Å². The van der Waals surface area contributed by atoms with E-state index in [2.05, 4.69) is 24.1 Å². The van der Waals surface area contributed by atoms with E-state index in [-0.39, 0.29) is 11.4 Å². The molecule has 1 aromatic heterocycles. The summed E-state index contributed by atoms with van der Waals surface area (Å²) in [7, 11) is 0. The van der Waals surface area contributed by atoms with Crippen LogP contribution in [0.2, 0.25) is 0 Å². The fourth-order valence-electron chi connectivity index (χ4n) is 1.62. The van der Waals surface area contributed by atoms with E-state index < -0.39 is 0 Å². The van der Waals surface area contributed by atoms with E-state index in [1.165, 1.54) is 0 Å². The smallest absolute Gasteiger partial charge is 0.0532 e. The molecule has 0 radical (unpaired) electrons. The Morgan fingerprint density at radius 2 is 1.87 bits per heavy atom. The highest BCUT2D eigenvalue weighted by Crippen LogP contribution is 2.16. The SMILES string of the molecule is CCC(Cl)C(C)Nc1cc(C)nc(C)c1. The number of hydrogen-bond donors (Lipinski definition) is 1. The van der Waals surface area contributed by atoms with Gasteiger partial charge in [-0.2, -0.15) is 0 Å². The van der Waals surface area contributed by atoms with Crippen LogP contribution in [0.25, 0.3) is 0 Å². The van der Waals surface area contributed by atoms with Crippen molar-refractivity contribution in [3.8, 4) is 0 Å². The number of nitrogens with zero attached hydrogens (tertiary/aromatic N) is 1. The molecule has 2 unspecified atom stereocenters. The van der Waals surface area contributed by atoms with Gasteiger partial charge in [0.15, 0.2) is 0 Å². The zero-order valence-corrected chi connectivity index (χ0v) is 10.6. The monoisotopic (exact) mass is 226 g/mol. The van der Waals surface area contributed by atoms with Crippen LogP contribution in [0.5, 0.6) is 0 Å². The van der Waals surface area contributed by atoms with Gasteiger partial charge < -0.3 is 5.32 Å². The first-order chi connectivity index (χ1) is 7.02. The number of nitrogens with one attached hydrogen (secondary N) is 1. The van der Waals surface area contributed by atoms with Gasteiger partial charge >= 0.3 is 0 Å². The van der Waals surface area contributed by atoms with E-state index in [4.69, 9.17) is 11.6 Å². The lowest BCUT2D eigenvalue weighted by Crippen LogP contribution is -2.25. The predicted molar refractivity (Wildman–Crippen MR) is 66.7 cm³/mol. The number of rotatable bonds is 4. The predicted octanol–water partition coefficient (Wildman–Crippen LogP) is 3.52. The van der Waals surface area contributed by atoms with Crippen molar-refractivity contribution in [2.45, 2.75) is 45.5 Å². The van der Waals surface area contributed by atoms with Crippen LogP contribution in [0.1, 0.15) is 31.7 Å². The molecule has 0 aliphatic carbocycles. The fourth-order valence-corrected chi connectivity index (χ4v) is 1.69. The molecule has 0 saturated heterocycles. The molecule has 3 heteroatoms. The van der Waals surface area contributed by atoms with Crippen molar-refractivity contribution >= 4 is 17.3 Å². The van der Waals surface area contributed by atoms with Crippen molar-refractivity contribution in [3.05, 3.63) is 23.5 Å². The normalized spacial score (nSPS) is 14.7. The van der Waals surface area contributed by atoms with Crippen LogP contribution in [0, 0.1) is 13.8 Å². The number of hydrogen-bond acceptors (Lipinski definition) is 2. The summed E-state index contributed by atoms with van der Waals surface area (Å²) in [5.41, 5.74) is 3.17. The summed E-state index contributed by atoms with van der Waals surface area (Å²) in [6, 6.07) is 4.36. The molecule has 0 aliphatic heterocycles. The van der Waals surface area contributed by atoms with E-state index in [0.717, 1.165) is 23.5 Å². The minimum atomic E-state index is 0.166. The van der Waals surface area contributed by atoms with Gasteiger partial charge in [0, 0.05) is 23.1 Å². The lowest BCUT2D eigenvalue weighted by atomic mass is 10.1. The number of pyridine rings is 1. The molecular formula is C12H19ClN2. The molecule has 2 atom stereocenters. The van der Waals surface area contributed by atoms with Gasteiger partial charge in [-0.15, -0.1) is 11.6 Å². The highest BCUT2D eigenvalue weighted by atomic mass is 35.5. The van der Waals surface area contributed by atoms with Crippen molar-refractivity contribution in [3.63, 3.8) is 0 Å². The van der Waals surface area contributed by atoms with Crippen molar-refractivity contribution in [2.75, 3.05) is 5.32 Å². The first kappa shape index (κ1) is 12.3. The van der Waals surface area contributed by atoms with Gasteiger partial charge in [0.1, 0.15) is 0 Å².